The van der Waals surface area contributed by atoms with Crippen LogP contribution in [0.1, 0.15) is 27.4 Å². The van der Waals surface area contributed by atoms with E-state index in [1.54, 1.807) is 49.1 Å². The van der Waals surface area contributed by atoms with Crippen molar-refractivity contribution in [3.63, 3.8) is 0 Å². The molecular formula is C23H24FN3O4S2. The van der Waals surface area contributed by atoms with Crippen molar-refractivity contribution in [3.05, 3.63) is 76.9 Å². The Labute approximate surface area is 196 Å². The number of hydrogen-bond donors (Lipinski definition) is 0. The molecule has 0 radical (unpaired) electrons. The fourth-order valence-electron chi connectivity index (χ4n) is 3.81. The molecule has 1 saturated heterocycles. The van der Waals surface area contributed by atoms with E-state index in [-0.39, 0.29) is 48.6 Å². The van der Waals surface area contributed by atoms with Crippen LogP contribution in [0.2, 0.25) is 0 Å². The second-order valence-corrected chi connectivity index (χ2v) is 10.6. The number of hydrogen-bond acceptors (Lipinski definition) is 6. The molecule has 1 aromatic heterocycles. The summed E-state index contributed by atoms with van der Waals surface area (Å²) in [5.41, 5.74) is 1.43. The Morgan fingerprint density at radius 3 is 2.39 bits per heavy atom. The smallest absolute Gasteiger partial charge is 0.255 e. The summed E-state index contributed by atoms with van der Waals surface area (Å²) in [7, 11) is -3.75. The van der Waals surface area contributed by atoms with E-state index in [9.17, 15) is 17.6 Å². The van der Waals surface area contributed by atoms with Crippen LogP contribution in [-0.4, -0.2) is 54.9 Å². The summed E-state index contributed by atoms with van der Waals surface area (Å²) < 4.78 is 46.4. The first-order valence-electron chi connectivity index (χ1n) is 10.5. The van der Waals surface area contributed by atoms with E-state index >= 15 is 0 Å². The summed E-state index contributed by atoms with van der Waals surface area (Å²) in [6.07, 6.45) is 0. The number of carbonyl (C=O) groups excluding carboxylic acids is 1. The van der Waals surface area contributed by atoms with Gasteiger partial charge in [-0.15, -0.1) is 11.8 Å². The van der Waals surface area contributed by atoms with Gasteiger partial charge in [0.05, 0.1) is 5.56 Å². The van der Waals surface area contributed by atoms with Crippen LogP contribution >= 0.6 is 11.8 Å². The lowest BCUT2D eigenvalue weighted by Crippen LogP contribution is -2.50. The maximum atomic E-state index is 14.0. The minimum Gasteiger partial charge on any atom is -0.360 e. The Hall–Kier alpha value is -2.69. The third kappa shape index (κ3) is 4.83. The number of aryl methyl sites for hydroxylation is 2. The summed E-state index contributed by atoms with van der Waals surface area (Å²) in [4.78, 5) is 15.7. The van der Waals surface area contributed by atoms with Crippen LogP contribution in [0.5, 0.6) is 0 Å². The molecule has 0 spiro atoms. The Bertz CT molecular complexity index is 1250. The molecule has 33 heavy (non-hydrogen) atoms. The van der Waals surface area contributed by atoms with E-state index in [1.807, 2.05) is 12.1 Å². The maximum absolute atomic E-state index is 14.0. The normalized spacial score (nSPS) is 15.1. The van der Waals surface area contributed by atoms with Crippen LogP contribution in [0.3, 0.4) is 0 Å². The molecule has 1 fully saturated rings. The van der Waals surface area contributed by atoms with Gasteiger partial charge in [-0.05, 0) is 37.6 Å². The van der Waals surface area contributed by atoms with Gasteiger partial charge in [0.2, 0.25) is 10.0 Å². The number of amides is 1. The summed E-state index contributed by atoms with van der Waals surface area (Å²) in [5, 5.41) is 3.74. The molecule has 0 atom stereocenters. The number of rotatable bonds is 6. The molecule has 10 heteroatoms. The zero-order valence-corrected chi connectivity index (χ0v) is 20.0. The first-order valence-corrected chi connectivity index (χ1v) is 12.9. The van der Waals surface area contributed by atoms with Crippen LogP contribution in [0.25, 0.3) is 0 Å². The molecule has 4 rings (SSSR count). The predicted molar refractivity (Wildman–Crippen MR) is 123 cm³/mol. The molecule has 0 N–H and O–H groups in total. The number of thioether (sulfide) groups is 1. The molecule has 1 amide bonds. The van der Waals surface area contributed by atoms with Gasteiger partial charge >= 0.3 is 0 Å². The summed E-state index contributed by atoms with van der Waals surface area (Å²) >= 11 is 1.40. The van der Waals surface area contributed by atoms with Crippen molar-refractivity contribution in [1.29, 1.82) is 0 Å². The lowest BCUT2D eigenvalue weighted by atomic mass is 10.2. The average Bonchev–Trinajstić information content (AvgIpc) is 3.17. The van der Waals surface area contributed by atoms with Gasteiger partial charge in [-0.2, -0.15) is 4.31 Å². The Kier molecular flexibility index (Phi) is 6.87. The Morgan fingerprint density at radius 2 is 1.73 bits per heavy atom. The highest BCUT2D eigenvalue weighted by atomic mass is 32.2. The average molecular weight is 490 g/mol. The maximum Gasteiger partial charge on any atom is 0.255 e. The summed E-state index contributed by atoms with van der Waals surface area (Å²) in [5.74, 6) is 0.220. The van der Waals surface area contributed by atoms with Crippen molar-refractivity contribution in [2.45, 2.75) is 29.4 Å². The van der Waals surface area contributed by atoms with Gasteiger partial charge < -0.3 is 9.42 Å². The quantitative estimate of drug-likeness (QED) is 0.489. The molecule has 174 valence electrons. The number of nitrogens with zero attached hydrogens (tertiary/aromatic N) is 3. The third-order valence-electron chi connectivity index (χ3n) is 5.55. The number of sulfonamides is 1. The highest BCUT2D eigenvalue weighted by Gasteiger charge is 2.34. The number of aromatic nitrogens is 1. The predicted octanol–water partition coefficient (Wildman–Crippen LogP) is 3.87. The van der Waals surface area contributed by atoms with Gasteiger partial charge in [0.25, 0.3) is 5.91 Å². The topological polar surface area (TPSA) is 83.7 Å². The molecule has 2 heterocycles. The van der Waals surface area contributed by atoms with E-state index in [2.05, 4.69) is 5.16 Å². The van der Waals surface area contributed by atoms with E-state index in [4.69, 9.17) is 4.52 Å². The Morgan fingerprint density at radius 1 is 1.06 bits per heavy atom. The summed E-state index contributed by atoms with van der Waals surface area (Å²) in [6, 6.07) is 13.8. The molecule has 0 saturated carbocycles. The molecule has 7 nitrogen and oxygen atoms in total. The lowest BCUT2D eigenvalue weighted by molar-refractivity contribution is 0.0694. The van der Waals surface area contributed by atoms with Crippen LogP contribution in [0, 0.1) is 19.7 Å². The molecular weight excluding hydrogens is 465 g/mol. The van der Waals surface area contributed by atoms with E-state index < -0.39 is 10.0 Å². The lowest BCUT2D eigenvalue weighted by Gasteiger charge is -2.34. The standard InChI is InChI=1S/C23H24FN3O4S2/c1-16-22(17(2)31-25-16)33(29,30)27-13-11-26(12-14-27)23(28)19-8-4-6-10-21(19)32-15-18-7-3-5-9-20(18)24/h3-10H,11-15H2,1-2H3. The van der Waals surface area contributed by atoms with Crippen molar-refractivity contribution in [2.75, 3.05) is 26.2 Å². The highest BCUT2D eigenvalue weighted by Crippen LogP contribution is 2.29. The minimum atomic E-state index is -3.75. The van der Waals surface area contributed by atoms with Crippen LogP contribution < -0.4 is 0 Å². The third-order valence-corrected chi connectivity index (χ3v) is 8.82. The summed E-state index contributed by atoms with van der Waals surface area (Å²) in [6.45, 7) is 4.08. The molecule has 0 unspecified atom stereocenters. The SMILES string of the molecule is Cc1noc(C)c1S(=O)(=O)N1CCN(C(=O)c2ccccc2SCc2ccccc2F)CC1. The number of carbonyl (C=O) groups is 1. The van der Waals surface area contributed by atoms with Gasteiger partial charge in [-0.1, -0.05) is 35.5 Å². The largest absolute Gasteiger partial charge is 0.360 e. The second-order valence-electron chi connectivity index (χ2n) is 7.73. The van der Waals surface area contributed by atoms with Gasteiger partial charge in [0.15, 0.2) is 5.76 Å². The monoisotopic (exact) mass is 489 g/mol. The van der Waals surface area contributed by atoms with Gasteiger partial charge in [0.1, 0.15) is 16.4 Å². The highest BCUT2D eigenvalue weighted by molar-refractivity contribution is 7.98. The van der Waals surface area contributed by atoms with Crippen LogP contribution in [0.15, 0.2) is 62.8 Å². The molecule has 1 aliphatic rings. The van der Waals surface area contributed by atoms with E-state index in [1.165, 1.54) is 22.1 Å². The molecule has 3 aromatic rings. The van der Waals surface area contributed by atoms with Gasteiger partial charge in [-0.25, -0.2) is 12.8 Å². The fourth-order valence-corrected chi connectivity index (χ4v) is 6.56. The first kappa shape index (κ1) is 23.5. The van der Waals surface area contributed by atoms with Crippen LogP contribution in [0.4, 0.5) is 4.39 Å². The Balaban J connectivity index is 1.45. The van der Waals surface area contributed by atoms with Crippen molar-refractivity contribution in [3.8, 4) is 0 Å². The van der Waals surface area contributed by atoms with Crippen molar-refractivity contribution in [1.82, 2.24) is 14.4 Å². The van der Waals surface area contributed by atoms with E-state index in [0.717, 1.165) is 4.90 Å². The molecule has 0 aliphatic carbocycles. The minimum absolute atomic E-state index is 0.0946. The molecule has 0 bridgehead atoms. The zero-order chi connectivity index (χ0) is 23.6. The van der Waals surface area contributed by atoms with Gasteiger partial charge in [-0.3, -0.25) is 4.79 Å². The fraction of sp³-hybridized carbons (Fsp3) is 0.304. The number of piperazine rings is 1. The van der Waals surface area contributed by atoms with Crippen molar-refractivity contribution in [2.24, 2.45) is 0 Å². The molecule has 2 aromatic carbocycles. The van der Waals surface area contributed by atoms with Gasteiger partial charge in [0, 0.05) is 36.8 Å². The van der Waals surface area contributed by atoms with Crippen molar-refractivity contribution >= 4 is 27.7 Å². The molecule has 1 aliphatic heterocycles. The zero-order valence-electron chi connectivity index (χ0n) is 18.3. The second kappa shape index (κ2) is 9.66. The number of benzene rings is 2. The van der Waals surface area contributed by atoms with Crippen molar-refractivity contribution < 1.29 is 22.1 Å². The number of halogens is 1. The van der Waals surface area contributed by atoms with Crippen LogP contribution in [-0.2, 0) is 15.8 Å². The van der Waals surface area contributed by atoms with E-state index in [0.29, 0.717) is 22.6 Å². The first-order chi connectivity index (χ1) is 15.8.